The lowest BCUT2D eigenvalue weighted by Crippen LogP contribution is -2.28. The third-order valence-corrected chi connectivity index (χ3v) is 2.66. The molecule has 0 spiro atoms. The minimum Gasteiger partial charge on any atom is -0.466 e. The van der Waals surface area contributed by atoms with Gasteiger partial charge in [0, 0.05) is 0 Å². The summed E-state index contributed by atoms with van der Waals surface area (Å²) in [5.41, 5.74) is 0.704. The van der Waals surface area contributed by atoms with E-state index in [1.807, 2.05) is 0 Å². The number of methoxy groups -OCH3 is 1. The maximum absolute atomic E-state index is 13.0. The first-order chi connectivity index (χ1) is 8.93. The smallest absolute Gasteiger partial charge is 0.346 e. The Morgan fingerprint density at radius 3 is 2.53 bits per heavy atom. The summed E-state index contributed by atoms with van der Waals surface area (Å²) in [7, 11) is 1.23. The van der Waals surface area contributed by atoms with Crippen LogP contribution in [0.15, 0.2) is 24.3 Å². The lowest BCUT2D eigenvalue weighted by atomic mass is 10.0. The fourth-order valence-electron chi connectivity index (χ4n) is 1.61. The molecular formula is C14H17FO4. The normalized spacial score (nSPS) is 13.5. The van der Waals surface area contributed by atoms with E-state index >= 15 is 0 Å². The summed E-state index contributed by atoms with van der Waals surface area (Å²) in [6.07, 6.45) is -0.586. The predicted octanol–water partition coefficient (Wildman–Crippen LogP) is 2.11. The van der Waals surface area contributed by atoms with Crippen molar-refractivity contribution in [2.75, 3.05) is 7.11 Å². The number of rotatable bonds is 5. The molecule has 0 fully saturated rings. The highest BCUT2D eigenvalue weighted by Crippen LogP contribution is 2.12. The van der Waals surface area contributed by atoms with E-state index < -0.39 is 24.0 Å². The van der Waals surface area contributed by atoms with Crippen molar-refractivity contribution in [3.8, 4) is 0 Å². The number of hydrogen-bond donors (Lipinski definition) is 0. The summed E-state index contributed by atoms with van der Waals surface area (Å²) in [5, 5.41) is 0. The van der Waals surface area contributed by atoms with E-state index in [9.17, 15) is 14.0 Å². The van der Waals surface area contributed by atoms with E-state index in [1.54, 1.807) is 19.1 Å². The zero-order valence-corrected chi connectivity index (χ0v) is 11.2. The van der Waals surface area contributed by atoms with Crippen LogP contribution in [0.4, 0.5) is 4.39 Å². The van der Waals surface area contributed by atoms with Crippen LogP contribution in [0, 0.1) is 11.7 Å². The van der Waals surface area contributed by atoms with Crippen LogP contribution >= 0.6 is 0 Å². The van der Waals surface area contributed by atoms with Gasteiger partial charge in [0.25, 0.3) is 0 Å². The highest BCUT2D eigenvalue weighted by Gasteiger charge is 2.22. The van der Waals surface area contributed by atoms with Crippen LogP contribution < -0.4 is 0 Å². The second-order valence-corrected chi connectivity index (χ2v) is 4.34. The molecule has 104 valence electrons. The van der Waals surface area contributed by atoms with E-state index in [4.69, 9.17) is 4.74 Å². The first kappa shape index (κ1) is 15.1. The van der Waals surface area contributed by atoms with Crippen LogP contribution in [0.5, 0.6) is 0 Å². The Bertz CT molecular complexity index is 459. The predicted molar refractivity (Wildman–Crippen MR) is 66.8 cm³/mol. The molecule has 1 aromatic carbocycles. The van der Waals surface area contributed by atoms with Crippen molar-refractivity contribution in [2.24, 2.45) is 5.92 Å². The molecule has 0 bridgehead atoms. The Morgan fingerprint density at radius 2 is 1.95 bits per heavy atom. The topological polar surface area (TPSA) is 52.6 Å². The zero-order chi connectivity index (χ0) is 14.4. The number of carbonyl (C=O) groups is 2. The summed E-state index contributed by atoms with van der Waals surface area (Å²) in [6, 6.07) is 6.02. The summed E-state index contributed by atoms with van der Waals surface area (Å²) >= 11 is 0. The van der Waals surface area contributed by atoms with Crippen molar-refractivity contribution in [3.05, 3.63) is 35.6 Å². The van der Waals surface area contributed by atoms with Gasteiger partial charge in [-0.1, -0.05) is 19.1 Å². The maximum Gasteiger partial charge on any atom is 0.346 e. The molecule has 0 heterocycles. The molecule has 0 aliphatic rings. The number of esters is 2. The van der Waals surface area contributed by atoms with E-state index in [1.165, 1.54) is 26.2 Å². The Kier molecular flexibility index (Phi) is 5.48. The zero-order valence-electron chi connectivity index (χ0n) is 11.2. The quantitative estimate of drug-likeness (QED) is 0.767. The second-order valence-electron chi connectivity index (χ2n) is 4.34. The number of carbonyl (C=O) groups excluding carboxylic acids is 2. The van der Waals surface area contributed by atoms with Crippen LogP contribution in [0.25, 0.3) is 0 Å². The summed E-state index contributed by atoms with van der Waals surface area (Å²) < 4.78 is 22.4. The van der Waals surface area contributed by atoms with Crippen LogP contribution in [0.2, 0.25) is 0 Å². The third-order valence-electron chi connectivity index (χ3n) is 2.66. The molecule has 5 heteroatoms. The van der Waals surface area contributed by atoms with Crippen molar-refractivity contribution in [3.63, 3.8) is 0 Å². The van der Waals surface area contributed by atoms with Crippen LogP contribution in [0.1, 0.15) is 19.4 Å². The Balaban J connectivity index is 2.56. The average Bonchev–Trinajstić information content (AvgIpc) is 2.37. The fraction of sp³-hybridized carbons (Fsp3) is 0.429. The van der Waals surface area contributed by atoms with Gasteiger partial charge < -0.3 is 9.47 Å². The molecule has 0 aliphatic carbocycles. The molecule has 0 aromatic heterocycles. The molecule has 1 aromatic rings. The van der Waals surface area contributed by atoms with Crippen molar-refractivity contribution >= 4 is 11.9 Å². The summed E-state index contributed by atoms with van der Waals surface area (Å²) in [4.78, 5) is 22.9. The van der Waals surface area contributed by atoms with Crippen molar-refractivity contribution < 1.29 is 23.5 Å². The number of ether oxygens (including phenoxy) is 2. The van der Waals surface area contributed by atoms with Crippen LogP contribution in [-0.4, -0.2) is 25.2 Å². The molecule has 0 radical (unpaired) electrons. The molecule has 19 heavy (non-hydrogen) atoms. The molecule has 0 saturated heterocycles. The highest BCUT2D eigenvalue weighted by atomic mass is 19.1. The number of hydrogen-bond acceptors (Lipinski definition) is 4. The minimum absolute atomic E-state index is 0.346. The van der Waals surface area contributed by atoms with Crippen LogP contribution in [-0.2, 0) is 25.5 Å². The molecule has 4 nitrogen and oxygen atoms in total. The van der Waals surface area contributed by atoms with E-state index in [0.29, 0.717) is 12.0 Å². The monoisotopic (exact) mass is 268 g/mol. The second kappa shape index (κ2) is 6.87. The van der Waals surface area contributed by atoms with E-state index in [0.717, 1.165) is 0 Å². The molecule has 0 aliphatic heterocycles. The van der Waals surface area contributed by atoms with Gasteiger partial charge in [-0.25, -0.2) is 9.18 Å². The first-order valence-electron chi connectivity index (χ1n) is 5.96. The SMILES string of the molecule is COC(=O)C(C)OC(=O)C(C)Cc1cccc(F)c1. The summed E-state index contributed by atoms with van der Waals surface area (Å²) in [5.74, 6) is -1.93. The standard InChI is InChI=1S/C14H17FO4/c1-9(7-11-5-4-6-12(15)8-11)13(16)19-10(2)14(17)18-3/h4-6,8-10H,7H2,1-3H3. The minimum atomic E-state index is -0.938. The molecule has 1 rings (SSSR count). The van der Waals surface area contributed by atoms with Gasteiger partial charge in [-0.05, 0) is 31.0 Å². The molecule has 0 saturated carbocycles. The molecule has 2 atom stereocenters. The average molecular weight is 268 g/mol. The maximum atomic E-state index is 13.0. The van der Waals surface area contributed by atoms with Crippen molar-refractivity contribution in [1.29, 1.82) is 0 Å². The Morgan fingerprint density at radius 1 is 1.26 bits per heavy atom. The van der Waals surface area contributed by atoms with Gasteiger partial charge in [0.05, 0.1) is 13.0 Å². The fourth-order valence-corrected chi connectivity index (χ4v) is 1.61. The van der Waals surface area contributed by atoms with Gasteiger partial charge in [0.2, 0.25) is 0 Å². The Hall–Kier alpha value is -1.91. The van der Waals surface area contributed by atoms with Gasteiger partial charge in [-0.2, -0.15) is 0 Å². The summed E-state index contributed by atoms with van der Waals surface area (Å²) in [6.45, 7) is 3.11. The van der Waals surface area contributed by atoms with Gasteiger partial charge in [-0.3, -0.25) is 4.79 Å². The van der Waals surface area contributed by atoms with Crippen molar-refractivity contribution in [1.82, 2.24) is 0 Å². The van der Waals surface area contributed by atoms with Gasteiger partial charge >= 0.3 is 11.9 Å². The largest absolute Gasteiger partial charge is 0.466 e. The molecule has 0 N–H and O–H groups in total. The number of benzene rings is 1. The van der Waals surface area contributed by atoms with Crippen molar-refractivity contribution in [2.45, 2.75) is 26.4 Å². The lowest BCUT2D eigenvalue weighted by Gasteiger charge is -2.15. The first-order valence-corrected chi connectivity index (χ1v) is 5.96. The van der Waals surface area contributed by atoms with Gasteiger partial charge in [-0.15, -0.1) is 0 Å². The molecule has 2 unspecified atom stereocenters. The molecule has 0 amide bonds. The highest BCUT2D eigenvalue weighted by molar-refractivity contribution is 5.79. The Labute approximate surface area is 111 Å². The number of halogens is 1. The molecular weight excluding hydrogens is 251 g/mol. The third kappa shape index (κ3) is 4.69. The van der Waals surface area contributed by atoms with Gasteiger partial charge in [0.1, 0.15) is 5.82 Å². The van der Waals surface area contributed by atoms with E-state index in [-0.39, 0.29) is 5.82 Å². The lowest BCUT2D eigenvalue weighted by molar-refractivity contribution is -0.167. The van der Waals surface area contributed by atoms with Gasteiger partial charge in [0.15, 0.2) is 6.10 Å². The van der Waals surface area contributed by atoms with Crippen LogP contribution in [0.3, 0.4) is 0 Å². The van der Waals surface area contributed by atoms with E-state index in [2.05, 4.69) is 4.74 Å².